The van der Waals surface area contributed by atoms with E-state index in [-0.39, 0.29) is 11.7 Å². The van der Waals surface area contributed by atoms with Gasteiger partial charge in [-0.25, -0.2) is 9.37 Å². The summed E-state index contributed by atoms with van der Waals surface area (Å²) in [7, 11) is 0. The van der Waals surface area contributed by atoms with Crippen molar-refractivity contribution in [2.24, 2.45) is 0 Å². The Morgan fingerprint density at radius 3 is 2.65 bits per heavy atom. The second kappa shape index (κ2) is 5.09. The van der Waals surface area contributed by atoms with Crippen molar-refractivity contribution in [1.29, 1.82) is 0 Å². The molecule has 0 saturated heterocycles. The second-order valence-electron chi connectivity index (χ2n) is 4.33. The molecule has 0 aliphatic carbocycles. The summed E-state index contributed by atoms with van der Waals surface area (Å²) in [6, 6.07) is 13.4. The Balaban J connectivity index is 1.87. The summed E-state index contributed by atoms with van der Waals surface area (Å²) in [6.07, 6.45) is 4.60. The maximum atomic E-state index is 12.8. The molecule has 0 aliphatic heterocycles. The number of hydrogen-bond donors (Lipinski definition) is 0. The van der Waals surface area contributed by atoms with Gasteiger partial charge < -0.3 is 0 Å². The highest BCUT2D eigenvalue weighted by Crippen LogP contribution is 2.12. The van der Waals surface area contributed by atoms with Crippen molar-refractivity contribution in [3.8, 4) is 0 Å². The van der Waals surface area contributed by atoms with Gasteiger partial charge >= 0.3 is 0 Å². The summed E-state index contributed by atoms with van der Waals surface area (Å²) in [5.74, 6) is -0.489. The predicted octanol–water partition coefficient (Wildman–Crippen LogP) is 3.53. The molecule has 0 aliphatic rings. The lowest BCUT2D eigenvalue weighted by molar-refractivity contribution is 0.0974. The van der Waals surface area contributed by atoms with Crippen molar-refractivity contribution in [2.75, 3.05) is 0 Å². The molecule has 0 fully saturated rings. The molecule has 0 unspecified atom stereocenters. The molecule has 0 atom stereocenters. The molecule has 0 spiro atoms. The van der Waals surface area contributed by atoms with Crippen LogP contribution in [-0.2, 0) is 0 Å². The summed E-state index contributed by atoms with van der Waals surface area (Å²) in [6.45, 7) is 0. The van der Waals surface area contributed by atoms with Gasteiger partial charge in [0.2, 0.25) is 0 Å². The van der Waals surface area contributed by atoms with Crippen LogP contribution < -0.4 is 0 Å². The lowest BCUT2D eigenvalue weighted by atomic mass is 10.2. The zero-order valence-corrected chi connectivity index (χ0v) is 10.5. The Morgan fingerprint density at radius 2 is 1.85 bits per heavy atom. The number of aromatic nitrogens is 2. The first-order chi connectivity index (χ1) is 9.74. The molecule has 0 saturated carbocycles. The third kappa shape index (κ3) is 2.36. The fourth-order valence-electron chi connectivity index (χ4n) is 1.96. The van der Waals surface area contributed by atoms with Crippen LogP contribution in [0, 0.1) is 5.82 Å². The van der Waals surface area contributed by atoms with Crippen LogP contribution in [0.15, 0.2) is 60.9 Å². The summed E-state index contributed by atoms with van der Waals surface area (Å²) in [5.41, 5.74) is 2.31. The number of benzene rings is 2. The Labute approximate surface area is 115 Å². The van der Waals surface area contributed by atoms with Gasteiger partial charge in [-0.1, -0.05) is 24.3 Å². The van der Waals surface area contributed by atoms with Crippen LogP contribution in [0.1, 0.15) is 10.4 Å². The maximum absolute atomic E-state index is 12.8. The Morgan fingerprint density at radius 1 is 1.10 bits per heavy atom. The van der Waals surface area contributed by atoms with E-state index in [4.69, 9.17) is 0 Å². The summed E-state index contributed by atoms with van der Waals surface area (Å²) < 4.78 is 14.3. The molecule has 1 heterocycles. The number of rotatable bonds is 2. The minimum Gasteiger partial charge on any atom is -0.269 e. The van der Waals surface area contributed by atoms with E-state index in [0.29, 0.717) is 0 Å². The Kier molecular flexibility index (Phi) is 3.13. The van der Waals surface area contributed by atoms with Gasteiger partial charge in [-0.15, -0.1) is 0 Å². The van der Waals surface area contributed by atoms with Gasteiger partial charge in [0.15, 0.2) is 0 Å². The molecule has 4 heteroatoms. The number of allylic oxidation sites excluding steroid dienone is 1. The van der Waals surface area contributed by atoms with Gasteiger partial charge in [-0.05, 0) is 35.9 Å². The van der Waals surface area contributed by atoms with E-state index < -0.39 is 0 Å². The zero-order valence-electron chi connectivity index (χ0n) is 10.5. The molecular weight excluding hydrogens is 255 g/mol. The van der Waals surface area contributed by atoms with Gasteiger partial charge in [0, 0.05) is 6.08 Å². The van der Waals surface area contributed by atoms with Crippen LogP contribution in [0.3, 0.4) is 0 Å². The molecule has 0 amide bonds. The number of imidazole rings is 1. The molecule has 3 rings (SSSR count). The van der Waals surface area contributed by atoms with Crippen molar-refractivity contribution in [3.63, 3.8) is 0 Å². The number of carbonyl (C=O) groups is 1. The molecule has 0 N–H and O–H groups in total. The van der Waals surface area contributed by atoms with Crippen LogP contribution in [0.25, 0.3) is 17.1 Å². The highest BCUT2D eigenvalue weighted by molar-refractivity contribution is 5.99. The molecule has 98 valence electrons. The first kappa shape index (κ1) is 12.3. The molecule has 20 heavy (non-hydrogen) atoms. The number of halogens is 1. The van der Waals surface area contributed by atoms with Crippen LogP contribution >= 0.6 is 0 Å². The smallest absolute Gasteiger partial charge is 0.256 e. The third-order valence-electron chi connectivity index (χ3n) is 2.98. The Bertz CT molecular complexity index is 788. The van der Waals surface area contributed by atoms with Gasteiger partial charge in [0.25, 0.3) is 5.91 Å². The minimum absolute atomic E-state index is 0.192. The number of para-hydroxylation sites is 2. The molecule has 2 aromatic carbocycles. The summed E-state index contributed by atoms with van der Waals surface area (Å²) in [5, 5.41) is 0. The summed E-state index contributed by atoms with van der Waals surface area (Å²) >= 11 is 0. The average Bonchev–Trinajstić information content (AvgIpc) is 2.90. The average molecular weight is 266 g/mol. The number of fused-ring (bicyclic) bond motifs is 1. The SMILES string of the molecule is O=C(C=Cc1ccc(F)cc1)n1cnc2ccccc21. The highest BCUT2D eigenvalue weighted by Gasteiger charge is 2.06. The van der Waals surface area contributed by atoms with E-state index in [2.05, 4.69) is 4.98 Å². The van der Waals surface area contributed by atoms with E-state index in [9.17, 15) is 9.18 Å². The first-order valence-electron chi connectivity index (χ1n) is 6.14. The van der Waals surface area contributed by atoms with Crippen LogP contribution in [0.2, 0.25) is 0 Å². The largest absolute Gasteiger partial charge is 0.269 e. The predicted molar refractivity (Wildman–Crippen MR) is 75.8 cm³/mol. The maximum Gasteiger partial charge on any atom is 0.256 e. The number of carbonyl (C=O) groups excluding carboxylic acids is 1. The lowest BCUT2D eigenvalue weighted by Crippen LogP contribution is -2.05. The Hall–Kier alpha value is -2.75. The minimum atomic E-state index is -0.297. The van der Waals surface area contributed by atoms with Gasteiger partial charge in [0.1, 0.15) is 12.1 Å². The molecule has 3 aromatic rings. The van der Waals surface area contributed by atoms with E-state index in [1.165, 1.54) is 29.1 Å². The van der Waals surface area contributed by atoms with Gasteiger partial charge in [-0.2, -0.15) is 0 Å². The number of nitrogens with zero attached hydrogens (tertiary/aromatic N) is 2. The van der Waals surface area contributed by atoms with Gasteiger partial charge in [-0.3, -0.25) is 9.36 Å². The summed E-state index contributed by atoms with van der Waals surface area (Å²) in [4.78, 5) is 16.3. The highest BCUT2D eigenvalue weighted by atomic mass is 19.1. The molecule has 0 radical (unpaired) electrons. The topological polar surface area (TPSA) is 34.9 Å². The van der Waals surface area contributed by atoms with Crippen molar-refractivity contribution < 1.29 is 9.18 Å². The van der Waals surface area contributed by atoms with Crippen molar-refractivity contribution in [3.05, 3.63) is 72.3 Å². The lowest BCUT2D eigenvalue weighted by Gasteiger charge is -1.98. The molecule has 0 bridgehead atoms. The van der Waals surface area contributed by atoms with E-state index >= 15 is 0 Å². The normalized spacial score (nSPS) is 11.2. The first-order valence-corrected chi connectivity index (χ1v) is 6.14. The van der Waals surface area contributed by atoms with Crippen LogP contribution in [0.4, 0.5) is 4.39 Å². The number of hydrogen-bond acceptors (Lipinski definition) is 2. The van der Waals surface area contributed by atoms with Crippen molar-refractivity contribution in [2.45, 2.75) is 0 Å². The van der Waals surface area contributed by atoms with E-state index in [0.717, 1.165) is 16.6 Å². The van der Waals surface area contributed by atoms with Crippen molar-refractivity contribution >= 4 is 23.0 Å². The van der Waals surface area contributed by atoms with Crippen LogP contribution in [0.5, 0.6) is 0 Å². The standard InChI is InChI=1S/C16H11FN2O/c17-13-8-5-12(6-9-13)7-10-16(20)19-11-18-14-3-1-2-4-15(14)19/h1-11H. The fourth-order valence-corrected chi connectivity index (χ4v) is 1.96. The molecular formula is C16H11FN2O. The molecule has 3 nitrogen and oxygen atoms in total. The van der Waals surface area contributed by atoms with Crippen molar-refractivity contribution in [1.82, 2.24) is 9.55 Å². The van der Waals surface area contributed by atoms with Gasteiger partial charge in [0.05, 0.1) is 11.0 Å². The second-order valence-corrected chi connectivity index (χ2v) is 4.33. The quantitative estimate of drug-likeness (QED) is 0.665. The van der Waals surface area contributed by atoms with E-state index in [1.807, 2.05) is 24.3 Å². The van der Waals surface area contributed by atoms with Crippen LogP contribution in [-0.4, -0.2) is 15.5 Å². The molecule has 1 aromatic heterocycles. The fraction of sp³-hybridized carbons (Fsp3) is 0. The third-order valence-corrected chi connectivity index (χ3v) is 2.98. The zero-order chi connectivity index (χ0) is 13.9. The van der Waals surface area contributed by atoms with E-state index in [1.54, 1.807) is 18.2 Å². The monoisotopic (exact) mass is 266 g/mol.